The van der Waals surface area contributed by atoms with Crippen LogP contribution in [-0.4, -0.2) is 62.7 Å². The first-order chi connectivity index (χ1) is 7.58. The summed E-state index contributed by atoms with van der Waals surface area (Å²) in [6, 6.07) is 0.716. The van der Waals surface area contributed by atoms with Crippen molar-refractivity contribution in [3.05, 3.63) is 0 Å². The molecule has 0 aliphatic carbocycles. The summed E-state index contributed by atoms with van der Waals surface area (Å²) in [5.41, 5.74) is 0. The quantitative estimate of drug-likeness (QED) is 0.737. The van der Waals surface area contributed by atoms with Gasteiger partial charge in [0.15, 0.2) is 0 Å². The number of rotatable bonds is 6. The molecule has 1 unspecified atom stereocenters. The Bertz CT molecular complexity index is 180. The van der Waals surface area contributed by atoms with Crippen LogP contribution in [0, 0.1) is 5.92 Å². The van der Waals surface area contributed by atoms with Gasteiger partial charge >= 0.3 is 0 Å². The Morgan fingerprint density at radius 3 is 2.75 bits per heavy atom. The summed E-state index contributed by atoms with van der Waals surface area (Å²) >= 11 is 0. The van der Waals surface area contributed by atoms with E-state index in [9.17, 15) is 0 Å². The van der Waals surface area contributed by atoms with Crippen molar-refractivity contribution in [2.75, 3.05) is 46.8 Å². The predicted octanol–water partition coefficient (Wildman–Crippen LogP) is 1.26. The smallest absolute Gasteiger partial charge is 0.0197 e. The zero-order valence-electron chi connectivity index (χ0n) is 11.5. The lowest BCUT2D eigenvalue weighted by atomic mass is 10.0. The van der Waals surface area contributed by atoms with Crippen LogP contribution >= 0.6 is 0 Å². The second kappa shape index (κ2) is 7.25. The first kappa shape index (κ1) is 13.9. The van der Waals surface area contributed by atoms with E-state index in [0.717, 1.165) is 5.92 Å². The molecular formula is C13H29N3. The maximum absolute atomic E-state index is 3.63. The number of hydrogen-bond donors (Lipinski definition) is 1. The number of piperazine rings is 1. The van der Waals surface area contributed by atoms with E-state index < -0.39 is 0 Å². The van der Waals surface area contributed by atoms with Crippen molar-refractivity contribution in [1.82, 2.24) is 15.1 Å². The average molecular weight is 227 g/mol. The van der Waals surface area contributed by atoms with Crippen LogP contribution in [0.4, 0.5) is 0 Å². The van der Waals surface area contributed by atoms with Gasteiger partial charge in [-0.15, -0.1) is 0 Å². The molecule has 96 valence electrons. The minimum atomic E-state index is 0.716. The van der Waals surface area contributed by atoms with E-state index in [0.29, 0.717) is 6.04 Å². The maximum atomic E-state index is 3.63. The molecule has 1 rings (SSSR count). The third-order valence-corrected chi connectivity index (χ3v) is 3.18. The monoisotopic (exact) mass is 227 g/mol. The van der Waals surface area contributed by atoms with Gasteiger partial charge in [-0.25, -0.2) is 0 Å². The van der Waals surface area contributed by atoms with Crippen LogP contribution in [0.2, 0.25) is 0 Å². The molecule has 0 saturated carbocycles. The highest BCUT2D eigenvalue weighted by atomic mass is 15.2. The average Bonchev–Trinajstić information content (AvgIpc) is 2.16. The van der Waals surface area contributed by atoms with Crippen LogP contribution in [0.25, 0.3) is 0 Å². The lowest BCUT2D eigenvalue weighted by molar-refractivity contribution is 0.179. The van der Waals surface area contributed by atoms with Gasteiger partial charge < -0.3 is 15.1 Å². The lowest BCUT2D eigenvalue weighted by Crippen LogP contribution is -2.51. The highest BCUT2D eigenvalue weighted by Gasteiger charge is 2.19. The molecule has 0 aromatic carbocycles. The summed E-state index contributed by atoms with van der Waals surface area (Å²) in [6.45, 7) is 10.7. The van der Waals surface area contributed by atoms with E-state index in [2.05, 4.69) is 43.1 Å². The molecule has 3 nitrogen and oxygen atoms in total. The van der Waals surface area contributed by atoms with Gasteiger partial charge in [0.2, 0.25) is 0 Å². The molecule has 1 N–H and O–H groups in total. The standard InChI is InChI=1S/C13H29N3/c1-12(2)10-13-11-16(9-6-14-13)8-5-7-15(3)4/h12-14H,5-11H2,1-4H3. The summed E-state index contributed by atoms with van der Waals surface area (Å²) in [6.07, 6.45) is 2.60. The van der Waals surface area contributed by atoms with E-state index in [-0.39, 0.29) is 0 Å². The molecule has 3 heteroatoms. The van der Waals surface area contributed by atoms with Crippen LogP contribution < -0.4 is 5.32 Å². The fourth-order valence-electron chi connectivity index (χ4n) is 2.43. The minimum Gasteiger partial charge on any atom is -0.311 e. The van der Waals surface area contributed by atoms with E-state index >= 15 is 0 Å². The number of nitrogens with zero attached hydrogens (tertiary/aromatic N) is 2. The molecule has 1 heterocycles. The third-order valence-electron chi connectivity index (χ3n) is 3.18. The van der Waals surface area contributed by atoms with Gasteiger partial charge in [0, 0.05) is 25.7 Å². The Morgan fingerprint density at radius 2 is 2.12 bits per heavy atom. The molecule has 0 radical (unpaired) electrons. The second-order valence-electron chi connectivity index (χ2n) is 5.74. The maximum Gasteiger partial charge on any atom is 0.0197 e. The second-order valence-corrected chi connectivity index (χ2v) is 5.74. The van der Waals surface area contributed by atoms with Crippen molar-refractivity contribution in [2.45, 2.75) is 32.7 Å². The van der Waals surface area contributed by atoms with E-state index in [1.54, 1.807) is 0 Å². The van der Waals surface area contributed by atoms with Crippen LogP contribution in [0.15, 0.2) is 0 Å². The Labute approximate surface area is 101 Å². The van der Waals surface area contributed by atoms with Gasteiger partial charge in [-0.2, -0.15) is 0 Å². The Hall–Kier alpha value is -0.120. The van der Waals surface area contributed by atoms with Gasteiger partial charge in [0.05, 0.1) is 0 Å². The first-order valence-electron chi connectivity index (χ1n) is 6.68. The topological polar surface area (TPSA) is 18.5 Å². The molecule has 1 aliphatic rings. The molecule has 0 amide bonds. The van der Waals surface area contributed by atoms with Gasteiger partial charge in [0.1, 0.15) is 0 Å². The fraction of sp³-hybridized carbons (Fsp3) is 1.00. The van der Waals surface area contributed by atoms with E-state index in [1.165, 1.54) is 45.6 Å². The highest BCUT2D eigenvalue weighted by Crippen LogP contribution is 2.09. The van der Waals surface area contributed by atoms with Crippen LogP contribution in [0.5, 0.6) is 0 Å². The van der Waals surface area contributed by atoms with E-state index in [4.69, 9.17) is 0 Å². The van der Waals surface area contributed by atoms with Crippen LogP contribution in [-0.2, 0) is 0 Å². The summed E-state index contributed by atoms with van der Waals surface area (Å²) < 4.78 is 0. The van der Waals surface area contributed by atoms with Crippen molar-refractivity contribution in [1.29, 1.82) is 0 Å². The normalized spacial score (nSPS) is 23.2. The lowest BCUT2D eigenvalue weighted by Gasteiger charge is -2.34. The zero-order chi connectivity index (χ0) is 12.0. The Kier molecular flexibility index (Phi) is 6.32. The van der Waals surface area contributed by atoms with Crippen molar-refractivity contribution in [3.63, 3.8) is 0 Å². The molecule has 16 heavy (non-hydrogen) atoms. The predicted molar refractivity (Wildman–Crippen MR) is 70.9 cm³/mol. The molecule has 0 aromatic heterocycles. The van der Waals surface area contributed by atoms with Crippen LogP contribution in [0.3, 0.4) is 0 Å². The molecule has 0 bridgehead atoms. The van der Waals surface area contributed by atoms with Crippen molar-refractivity contribution < 1.29 is 0 Å². The Balaban J connectivity index is 2.17. The fourth-order valence-corrected chi connectivity index (χ4v) is 2.43. The zero-order valence-corrected chi connectivity index (χ0v) is 11.5. The minimum absolute atomic E-state index is 0.716. The summed E-state index contributed by atoms with van der Waals surface area (Å²) in [7, 11) is 4.30. The van der Waals surface area contributed by atoms with Crippen molar-refractivity contribution >= 4 is 0 Å². The largest absolute Gasteiger partial charge is 0.311 e. The first-order valence-corrected chi connectivity index (χ1v) is 6.68. The molecule has 0 spiro atoms. The Morgan fingerprint density at radius 1 is 1.38 bits per heavy atom. The molecule has 0 aromatic rings. The van der Waals surface area contributed by atoms with Gasteiger partial charge in [-0.3, -0.25) is 0 Å². The molecular weight excluding hydrogens is 198 g/mol. The highest BCUT2D eigenvalue weighted by molar-refractivity contribution is 4.79. The van der Waals surface area contributed by atoms with E-state index in [1.807, 2.05) is 0 Å². The molecule has 1 saturated heterocycles. The van der Waals surface area contributed by atoms with Gasteiger partial charge in [0.25, 0.3) is 0 Å². The number of nitrogens with one attached hydrogen (secondary N) is 1. The molecule has 1 fully saturated rings. The SMILES string of the molecule is CC(C)CC1CN(CCCN(C)C)CCN1. The number of hydrogen-bond acceptors (Lipinski definition) is 3. The third kappa shape index (κ3) is 5.83. The van der Waals surface area contributed by atoms with Crippen molar-refractivity contribution in [2.24, 2.45) is 5.92 Å². The molecule has 1 aliphatic heterocycles. The summed E-state index contributed by atoms with van der Waals surface area (Å²) in [5, 5.41) is 3.63. The summed E-state index contributed by atoms with van der Waals surface area (Å²) in [4.78, 5) is 4.89. The van der Waals surface area contributed by atoms with Gasteiger partial charge in [-0.05, 0) is 45.9 Å². The van der Waals surface area contributed by atoms with Gasteiger partial charge in [-0.1, -0.05) is 13.8 Å². The van der Waals surface area contributed by atoms with Crippen molar-refractivity contribution in [3.8, 4) is 0 Å². The summed E-state index contributed by atoms with van der Waals surface area (Å²) in [5.74, 6) is 0.805. The molecule has 1 atom stereocenters. The van der Waals surface area contributed by atoms with Crippen LogP contribution in [0.1, 0.15) is 26.7 Å².